The van der Waals surface area contributed by atoms with Crippen LogP contribution in [0.2, 0.25) is 5.02 Å². The average Bonchev–Trinajstić information content (AvgIpc) is 3.42. The molecule has 3 heterocycles. The van der Waals surface area contributed by atoms with Crippen LogP contribution in [0.3, 0.4) is 0 Å². The zero-order valence-electron chi connectivity index (χ0n) is 24.0. The molecule has 11 nitrogen and oxygen atoms in total. The Kier molecular flexibility index (Phi) is 9.49. The first-order valence-corrected chi connectivity index (χ1v) is 16.0. The summed E-state index contributed by atoms with van der Waals surface area (Å²) in [5.41, 5.74) is 2.60. The minimum absolute atomic E-state index is 0.159. The Morgan fingerprint density at radius 2 is 1.33 bits per heavy atom. The second-order valence-electron chi connectivity index (χ2n) is 10.7. The van der Waals surface area contributed by atoms with Gasteiger partial charge >= 0.3 is 11.9 Å². The van der Waals surface area contributed by atoms with Gasteiger partial charge in [-0.3, -0.25) is 14.5 Å². The molecule has 1 atom stereocenters. The maximum absolute atomic E-state index is 13.7. The summed E-state index contributed by atoms with van der Waals surface area (Å²) >= 11 is 6.11. The zero-order valence-corrected chi connectivity index (χ0v) is 25.5. The monoisotopic (exact) mass is 651 g/mol. The molecule has 13 heteroatoms. The summed E-state index contributed by atoms with van der Waals surface area (Å²) in [6, 6.07) is 21.0. The summed E-state index contributed by atoms with van der Waals surface area (Å²) in [4.78, 5) is 48.4. The molecule has 3 aromatic carbocycles. The van der Waals surface area contributed by atoms with Gasteiger partial charge in [0.25, 0.3) is 11.8 Å². The highest BCUT2D eigenvalue weighted by atomic mass is 35.5. The third-order valence-electron chi connectivity index (χ3n) is 8.01. The van der Waals surface area contributed by atoms with Crippen LogP contribution in [0.4, 0.5) is 0 Å². The van der Waals surface area contributed by atoms with Crippen LogP contribution in [0.1, 0.15) is 50.7 Å². The lowest BCUT2D eigenvalue weighted by Gasteiger charge is -2.38. The lowest BCUT2D eigenvalue weighted by atomic mass is 9.95. The zero-order chi connectivity index (χ0) is 32.3. The number of imide groups is 1. The maximum atomic E-state index is 13.7. The number of carbonyl (C=O) groups is 4. The van der Waals surface area contributed by atoms with E-state index in [1.807, 2.05) is 24.3 Å². The van der Waals surface area contributed by atoms with Crippen molar-refractivity contribution in [1.82, 2.24) is 14.1 Å². The van der Waals surface area contributed by atoms with Gasteiger partial charge in [-0.1, -0.05) is 54.1 Å². The molecule has 1 saturated heterocycles. The summed E-state index contributed by atoms with van der Waals surface area (Å²) in [5, 5.41) is 16.2. The molecule has 1 fully saturated rings. The molecule has 234 valence electrons. The Bertz CT molecular complexity index is 1720. The van der Waals surface area contributed by atoms with Gasteiger partial charge in [-0.05, 0) is 67.4 Å². The molecular formula is C32H30ClN3O8S. The van der Waals surface area contributed by atoms with Crippen LogP contribution in [0.25, 0.3) is 0 Å². The molecule has 0 aromatic heterocycles. The van der Waals surface area contributed by atoms with E-state index in [0.717, 1.165) is 11.1 Å². The number of hydrogen-bond acceptors (Lipinski definition) is 7. The number of carboxylic acids is 2. The fraction of sp³-hybridized carbons (Fsp3) is 0.250. The highest BCUT2D eigenvalue weighted by Crippen LogP contribution is 2.46. The summed E-state index contributed by atoms with van der Waals surface area (Å²) in [5.74, 6) is -3.01. The first kappa shape index (κ1) is 32.0. The molecule has 2 N–H and O–H groups in total. The quantitative estimate of drug-likeness (QED) is 0.286. The topological polar surface area (TPSA) is 153 Å². The standard InChI is InChI=1S/C28H26ClN3O4S.C4H4O4/c29-20-11-9-19(10-12-20)26-24-7-3-4-8-25(24)37(35,36)32(26)21-13-15-30(16-14-21)17-18-31-27(33)22-5-1-2-6-23(22)28(31)34;5-3(6)1-2-4(7)8/h1-12,21,26H,13-18H2;1-2H,(H,5,6)(H,7,8). The minimum Gasteiger partial charge on any atom is -0.478 e. The Balaban J connectivity index is 0.000000444. The smallest absolute Gasteiger partial charge is 0.328 e. The molecule has 3 aromatic rings. The van der Waals surface area contributed by atoms with E-state index in [1.165, 1.54) is 4.90 Å². The predicted octanol–water partition coefficient (Wildman–Crippen LogP) is 3.91. The van der Waals surface area contributed by atoms with Crippen LogP contribution >= 0.6 is 11.6 Å². The maximum Gasteiger partial charge on any atom is 0.328 e. The normalized spacial score (nSPS) is 19.7. The van der Waals surface area contributed by atoms with Crippen LogP contribution in [0.15, 0.2) is 89.8 Å². The molecule has 0 radical (unpaired) electrons. The van der Waals surface area contributed by atoms with Crippen molar-refractivity contribution in [2.45, 2.75) is 29.8 Å². The average molecular weight is 652 g/mol. The number of nitrogens with zero attached hydrogens (tertiary/aromatic N) is 3. The van der Waals surface area contributed by atoms with Gasteiger partial charge in [0, 0.05) is 36.3 Å². The van der Waals surface area contributed by atoms with Crippen molar-refractivity contribution in [2.24, 2.45) is 0 Å². The number of hydrogen-bond donors (Lipinski definition) is 2. The van der Waals surface area contributed by atoms with E-state index in [9.17, 15) is 27.6 Å². The number of carbonyl (C=O) groups excluding carboxylic acids is 2. The molecule has 3 aliphatic rings. The number of sulfonamides is 1. The van der Waals surface area contributed by atoms with Crippen molar-refractivity contribution in [1.29, 1.82) is 0 Å². The number of aliphatic carboxylic acids is 2. The van der Waals surface area contributed by atoms with Crippen molar-refractivity contribution in [2.75, 3.05) is 26.2 Å². The number of benzene rings is 3. The van der Waals surface area contributed by atoms with Crippen LogP contribution in [0, 0.1) is 0 Å². The van der Waals surface area contributed by atoms with Gasteiger partial charge in [0.05, 0.1) is 22.1 Å². The first-order chi connectivity index (χ1) is 21.5. The van der Waals surface area contributed by atoms with Gasteiger partial charge in [0.2, 0.25) is 10.0 Å². The Hall–Kier alpha value is -4.36. The van der Waals surface area contributed by atoms with E-state index in [2.05, 4.69) is 4.90 Å². The number of piperidine rings is 1. The number of amides is 2. The number of fused-ring (bicyclic) bond motifs is 2. The van der Waals surface area contributed by atoms with Gasteiger partial charge in [0.15, 0.2) is 0 Å². The summed E-state index contributed by atoms with van der Waals surface area (Å²) in [6.07, 6.45) is 2.45. The SMILES string of the molecule is O=C(O)C=CC(=O)O.O=C1c2ccccc2C(=O)N1CCN1CCC(N2C(c3ccc(Cl)cc3)c3ccccc3S2(=O)=O)CC1. The molecular weight excluding hydrogens is 622 g/mol. The molecule has 0 aliphatic carbocycles. The molecule has 0 saturated carbocycles. The fourth-order valence-corrected chi connectivity index (χ4v) is 8.13. The largest absolute Gasteiger partial charge is 0.478 e. The highest BCUT2D eigenvalue weighted by Gasteiger charge is 2.47. The summed E-state index contributed by atoms with van der Waals surface area (Å²) in [6.45, 7) is 2.25. The number of carboxylic acid groups (broad SMARTS) is 2. The lowest BCUT2D eigenvalue weighted by molar-refractivity contribution is -0.134. The van der Waals surface area contributed by atoms with E-state index in [0.29, 0.717) is 72.2 Å². The Morgan fingerprint density at radius 3 is 1.89 bits per heavy atom. The van der Waals surface area contributed by atoms with Gasteiger partial charge < -0.3 is 15.1 Å². The van der Waals surface area contributed by atoms with Crippen molar-refractivity contribution < 1.29 is 37.8 Å². The first-order valence-electron chi connectivity index (χ1n) is 14.2. The van der Waals surface area contributed by atoms with Crippen LogP contribution in [-0.4, -0.2) is 88.7 Å². The van der Waals surface area contributed by atoms with Crippen molar-refractivity contribution in [3.63, 3.8) is 0 Å². The molecule has 45 heavy (non-hydrogen) atoms. The summed E-state index contributed by atoms with van der Waals surface area (Å²) < 4.78 is 29.1. The van der Waals surface area contributed by atoms with Gasteiger partial charge in [0.1, 0.15) is 0 Å². The number of halogens is 1. The van der Waals surface area contributed by atoms with Crippen molar-refractivity contribution in [3.8, 4) is 0 Å². The van der Waals surface area contributed by atoms with E-state index in [-0.39, 0.29) is 17.9 Å². The molecule has 0 bridgehead atoms. The van der Waals surface area contributed by atoms with Crippen molar-refractivity contribution >= 4 is 45.4 Å². The van der Waals surface area contributed by atoms with Crippen LogP contribution in [0.5, 0.6) is 0 Å². The van der Waals surface area contributed by atoms with Gasteiger partial charge in [-0.15, -0.1) is 0 Å². The van der Waals surface area contributed by atoms with Crippen LogP contribution in [-0.2, 0) is 19.6 Å². The van der Waals surface area contributed by atoms with Gasteiger partial charge in [-0.2, -0.15) is 4.31 Å². The van der Waals surface area contributed by atoms with E-state index in [1.54, 1.807) is 52.8 Å². The molecule has 0 spiro atoms. The number of rotatable bonds is 7. The van der Waals surface area contributed by atoms with E-state index >= 15 is 0 Å². The minimum atomic E-state index is -3.66. The Labute approximate surface area is 265 Å². The third-order valence-corrected chi connectivity index (χ3v) is 10.3. The van der Waals surface area contributed by atoms with E-state index in [4.69, 9.17) is 21.8 Å². The highest BCUT2D eigenvalue weighted by molar-refractivity contribution is 7.89. The van der Waals surface area contributed by atoms with Crippen molar-refractivity contribution in [3.05, 3.63) is 112 Å². The number of likely N-dealkylation sites (tertiary alicyclic amines) is 1. The lowest BCUT2D eigenvalue weighted by Crippen LogP contribution is -2.48. The Morgan fingerprint density at radius 1 is 0.800 bits per heavy atom. The molecule has 3 aliphatic heterocycles. The molecule has 2 amide bonds. The molecule has 1 unspecified atom stereocenters. The van der Waals surface area contributed by atoms with Gasteiger partial charge in [-0.25, -0.2) is 18.0 Å². The second-order valence-corrected chi connectivity index (χ2v) is 13.0. The predicted molar refractivity (Wildman–Crippen MR) is 164 cm³/mol. The van der Waals surface area contributed by atoms with E-state index < -0.39 is 28.0 Å². The second kappa shape index (κ2) is 13.3. The van der Waals surface area contributed by atoms with Crippen LogP contribution < -0.4 is 0 Å². The third kappa shape index (κ3) is 6.69. The molecule has 6 rings (SSSR count). The summed E-state index contributed by atoms with van der Waals surface area (Å²) in [7, 11) is -3.66. The fourth-order valence-electron chi connectivity index (χ4n) is 5.93.